The minimum atomic E-state index is -0.379. The number of carbonyl (C=O) groups is 1. The molecule has 0 aromatic carbocycles. The van der Waals surface area contributed by atoms with Crippen LogP contribution in [-0.4, -0.2) is 33.0 Å². The van der Waals surface area contributed by atoms with Crippen LogP contribution in [0.5, 0.6) is 17.2 Å². The molecule has 120 valence electrons. The fraction of sp³-hybridized carbons (Fsp3) is 0.0625. The number of carbonyl (C=O) groups excluding carboxylic acids is 1. The van der Waals surface area contributed by atoms with E-state index in [1.165, 1.54) is 44.4 Å². The van der Waals surface area contributed by atoms with Gasteiger partial charge in [0.2, 0.25) is 0 Å². The molecular weight excluding hydrogens is 310 g/mol. The van der Waals surface area contributed by atoms with Crippen molar-refractivity contribution in [1.82, 2.24) is 19.9 Å². The van der Waals surface area contributed by atoms with Crippen LogP contribution in [0.1, 0.15) is 10.5 Å². The Kier molecular flexibility index (Phi) is 4.57. The molecule has 3 heterocycles. The molecule has 0 fully saturated rings. The molecule has 8 nitrogen and oxygen atoms in total. The van der Waals surface area contributed by atoms with Crippen molar-refractivity contribution in [3.05, 3.63) is 61.2 Å². The molecule has 0 aliphatic heterocycles. The molecule has 1 amide bonds. The van der Waals surface area contributed by atoms with Gasteiger partial charge in [0.1, 0.15) is 23.5 Å². The van der Waals surface area contributed by atoms with Crippen LogP contribution >= 0.6 is 0 Å². The number of anilines is 1. The number of methoxy groups -OCH3 is 1. The summed E-state index contributed by atoms with van der Waals surface area (Å²) in [6.07, 6.45) is 8.99. The van der Waals surface area contributed by atoms with Gasteiger partial charge in [-0.1, -0.05) is 0 Å². The summed E-state index contributed by atoms with van der Waals surface area (Å²) >= 11 is 0. The summed E-state index contributed by atoms with van der Waals surface area (Å²) in [5.41, 5.74) is 0.705. The Morgan fingerprint density at radius 3 is 2.58 bits per heavy atom. The van der Waals surface area contributed by atoms with E-state index < -0.39 is 0 Å². The SMILES string of the molecule is COc1ccnc(C(=O)Nc2cncc(Oc3cncnc3)c2)c1. The maximum absolute atomic E-state index is 12.2. The van der Waals surface area contributed by atoms with Gasteiger partial charge in [0, 0.05) is 18.3 Å². The van der Waals surface area contributed by atoms with Gasteiger partial charge in [0.25, 0.3) is 5.91 Å². The van der Waals surface area contributed by atoms with Gasteiger partial charge in [-0.15, -0.1) is 0 Å². The van der Waals surface area contributed by atoms with E-state index in [0.717, 1.165) is 0 Å². The molecule has 0 saturated carbocycles. The molecule has 0 atom stereocenters. The predicted molar refractivity (Wildman–Crippen MR) is 85.1 cm³/mol. The molecule has 24 heavy (non-hydrogen) atoms. The third-order valence-electron chi connectivity index (χ3n) is 2.94. The fourth-order valence-corrected chi connectivity index (χ4v) is 1.87. The molecule has 0 spiro atoms. The summed E-state index contributed by atoms with van der Waals surface area (Å²) in [5, 5.41) is 2.70. The van der Waals surface area contributed by atoms with Crippen LogP contribution in [0.25, 0.3) is 0 Å². The van der Waals surface area contributed by atoms with Crippen molar-refractivity contribution < 1.29 is 14.3 Å². The highest BCUT2D eigenvalue weighted by Crippen LogP contribution is 2.22. The highest BCUT2D eigenvalue weighted by Gasteiger charge is 2.10. The van der Waals surface area contributed by atoms with E-state index in [9.17, 15) is 4.79 Å². The molecule has 3 aromatic heterocycles. The number of hydrogen-bond acceptors (Lipinski definition) is 7. The smallest absolute Gasteiger partial charge is 0.274 e. The van der Waals surface area contributed by atoms with Crippen molar-refractivity contribution in [3.8, 4) is 17.2 Å². The molecule has 0 unspecified atom stereocenters. The lowest BCUT2D eigenvalue weighted by Gasteiger charge is -2.08. The summed E-state index contributed by atoms with van der Waals surface area (Å²) in [6, 6.07) is 4.84. The van der Waals surface area contributed by atoms with Gasteiger partial charge in [-0.25, -0.2) is 9.97 Å². The Balaban J connectivity index is 1.73. The second-order valence-corrected chi connectivity index (χ2v) is 4.62. The van der Waals surface area contributed by atoms with Gasteiger partial charge in [-0.3, -0.25) is 14.8 Å². The first-order valence-electron chi connectivity index (χ1n) is 6.94. The quantitative estimate of drug-likeness (QED) is 0.769. The van der Waals surface area contributed by atoms with Crippen molar-refractivity contribution in [2.24, 2.45) is 0 Å². The van der Waals surface area contributed by atoms with E-state index in [2.05, 4.69) is 25.3 Å². The summed E-state index contributed by atoms with van der Waals surface area (Å²) in [7, 11) is 1.52. The van der Waals surface area contributed by atoms with Gasteiger partial charge >= 0.3 is 0 Å². The summed E-state index contributed by atoms with van der Waals surface area (Å²) in [5.74, 6) is 1.09. The van der Waals surface area contributed by atoms with E-state index in [1.807, 2.05) is 0 Å². The summed E-state index contributed by atoms with van der Waals surface area (Å²) < 4.78 is 10.6. The van der Waals surface area contributed by atoms with Crippen LogP contribution in [-0.2, 0) is 0 Å². The standard InChI is InChI=1S/C16H13N5O3/c1-23-12-2-3-20-15(5-12)16(22)21-11-4-13(7-17-6-11)24-14-8-18-10-19-9-14/h2-10H,1H3,(H,21,22). The van der Waals surface area contributed by atoms with Gasteiger partial charge in [0.05, 0.1) is 37.6 Å². The third-order valence-corrected chi connectivity index (χ3v) is 2.94. The maximum Gasteiger partial charge on any atom is 0.274 e. The van der Waals surface area contributed by atoms with Gasteiger partial charge < -0.3 is 14.8 Å². The molecule has 8 heteroatoms. The minimum Gasteiger partial charge on any atom is -0.497 e. The topological polar surface area (TPSA) is 99.1 Å². The fourth-order valence-electron chi connectivity index (χ4n) is 1.87. The zero-order chi connectivity index (χ0) is 16.8. The van der Waals surface area contributed by atoms with Crippen LogP contribution in [0.3, 0.4) is 0 Å². The zero-order valence-corrected chi connectivity index (χ0v) is 12.7. The first-order valence-corrected chi connectivity index (χ1v) is 6.94. The van der Waals surface area contributed by atoms with E-state index in [-0.39, 0.29) is 11.6 Å². The van der Waals surface area contributed by atoms with E-state index in [0.29, 0.717) is 22.9 Å². The number of nitrogens with zero attached hydrogens (tertiary/aromatic N) is 4. The third kappa shape index (κ3) is 3.80. The second kappa shape index (κ2) is 7.14. The lowest BCUT2D eigenvalue weighted by Crippen LogP contribution is -2.13. The van der Waals surface area contributed by atoms with Crippen LogP contribution in [0.4, 0.5) is 5.69 Å². The zero-order valence-electron chi connectivity index (χ0n) is 12.7. The molecular formula is C16H13N5O3. The van der Waals surface area contributed by atoms with Gasteiger partial charge in [-0.05, 0) is 6.07 Å². The van der Waals surface area contributed by atoms with Crippen LogP contribution in [0.15, 0.2) is 55.5 Å². The summed E-state index contributed by atoms with van der Waals surface area (Å²) in [4.78, 5) is 28.0. The number of rotatable bonds is 5. The average Bonchev–Trinajstić information content (AvgIpc) is 2.63. The molecule has 3 rings (SSSR count). The minimum absolute atomic E-state index is 0.233. The summed E-state index contributed by atoms with van der Waals surface area (Å²) in [6.45, 7) is 0. The number of ether oxygens (including phenoxy) is 2. The molecule has 0 saturated heterocycles. The monoisotopic (exact) mass is 323 g/mol. The largest absolute Gasteiger partial charge is 0.497 e. The Morgan fingerprint density at radius 2 is 1.79 bits per heavy atom. The highest BCUT2D eigenvalue weighted by atomic mass is 16.5. The number of hydrogen-bond donors (Lipinski definition) is 1. The molecule has 0 radical (unpaired) electrons. The molecule has 0 aliphatic carbocycles. The van der Waals surface area contributed by atoms with Crippen LogP contribution in [0, 0.1) is 0 Å². The average molecular weight is 323 g/mol. The van der Waals surface area contributed by atoms with E-state index in [4.69, 9.17) is 9.47 Å². The number of nitrogens with one attached hydrogen (secondary N) is 1. The van der Waals surface area contributed by atoms with Crippen molar-refractivity contribution in [3.63, 3.8) is 0 Å². The molecule has 0 aliphatic rings. The van der Waals surface area contributed by atoms with Crippen molar-refractivity contribution >= 4 is 11.6 Å². The molecule has 0 bridgehead atoms. The Labute approximate surface area is 137 Å². The lowest BCUT2D eigenvalue weighted by molar-refractivity contribution is 0.102. The van der Waals surface area contributed by atoms with Crippen molar-refractivity contribution in [2.75, 3.05) is 12.4 Å². The molecule has 3 aromatic rings. The first-order chi connectivity index (χ1) is 11.7. The van der Waals surface area contributed by atoms with E-state index in [1.54, 1.807) is 18.2 Å². The van der Waals surface area contributed by atoms with Gasteiger partial charge in [-0.2, -0.15) is 0 Å². The Hall–Kier alpha value is -3.55. The number of aromatic nitrogens is 4. The first kappa shape index (κ1) is 15.3. The van der Waals surface area contributed by atoms with Crippen molar-refractivity contribution in [1.29, 1.82) is 0 Å². The van der Waals surface area contributed by atoms with Crippen LogP contribution in [0.2, 0.25) is 0 Å². The van der Waals surface area contributed by atoms with E-state index >= 15 is 0 Å². The number of pyridine rings is 2. The molecule has 1 N–H and O–H groups in total. The lowest BCUT2D eigenvalue weighted by atomic mass is 10.3. The predicted octanol–water partition coefficient (Wildman–Crippen LogP) is 2.32. The number of amides is 1. The van der Waals surface area contributed by atoms with Gasteiger partial charge in [0.15, 0.2) is 5.75 Å². The highest BCUT2D eigenvalue weighted by molar-refractivity contribution is 6.03. The maximum atomic E-state index is 12.2. The van der Waals surface area contributed by atoms with Crippen molar-refractivity contribution in [2.45, 2.75) is 0 Å². The second-order valence-electron chi connectivity index (χ2n) is 4.62. The van der Waals surface area contributed by atoms with Crippen LogP contribution < -0.4 is 14.8 Å². The normalized spacial score (nSPS) is 10.0. The Morgan fingerprint density at radius 1 is 1.00 bits per heavy atom. The Bertz CT molecular complexity index is 842.